The summed E-state index contributed by atoms with van der Waals surface area (Å²) >= 11 is 0. The molecule has 3 aromatic rings. The van der Waals surface area contributed by atoms with Gasteiger partial charge in [0, 0.05) is 22.9 Å². The molecule has 0 bridgehead atoms. The third-order valence-corrected chi connectivity index (χ3v) is 4.65. The summed E-state index contributed by atoms with van der Waals surface area (Å²) in [5.74, 6) is -1.10. The number of hydrogen-bond acceptors (Lipinski definition) is 4. The minimum atomic E-state index is -1.06. The van der Waals surface area contributed by atoms with Gasteiger partial charge in [0.1, 0.15) is 5.58 Å². The lowest BCUT2D eigenvalue weighted by atomic mass is 10.1. The summed E-state index contributed by atoms with van der Waals surface area (Å²) < 4.78 is 11.1. The first-order valence-electron chi connectivity index (χ1n) is 8.11. The van der Waals surface area contributed by atoms with E-state index in [0.29, 0.717) is 12.1 Å². The van der Waals surface area contributed by atoms with Gasteiger partial charge in [0.05, 0.1) is 13.2 Å². The summed E-state index contributed by atoms with van der Waals surface area (Å²) in [5.41, 5.74) is 1.45. The Morgan fingerprint density at radius 1 is 1.16 bits per heavy atom. The highest BCUT2D eigenvalue weighted by Gasteiger charge is 2.32. The predicted octanol–water partition coefficient (Wildman–Crippen LogP) is 2.82. The van der Waals surface area contributed by atoms with Crippen LogP contribution < -0.4 is 0 Å². The van der Waals surface area contributed by atoms with E-state index in [1.807, 2.05) is 43.3 Å². The molecule has 1 fully saturated rings. The van der Waals surface area contributed by atoms with Crippen LogP contribution in [0.4, 0.5) is 0 Å². The number of rotatable bonds is 2. The summed E-state index contributed by atoms with van der Waals surface area (Å²) in [6, 6.07) is 11.8. The highest BCUT2D eigenvalue weighted by Crippen LogP contribution is 2.32. The van der Waals surface area contributed by atoms with Crippen LogP contribution in [-0.2, 0) is 9.53 Å². The van der Waals surface area contributed by atoms with Crippen LogP contribution in [0, 0.1) is 6.92 Å². The molecule has 4 rings (SSSR count). The molecule has 6 nitrogen and oxygen atoms in total. The molecule has 1 aromatic heterocycles. The van der Waals surface area contributed by atoms with Gasteiger partial charge in [-0.3, -0.25) is 4.79 Å². The minimum Gasteiger partial charge on any atom is -0.479 e. The van der Waals surface area contributed by atoms with Crippen molar-refractivity contribution in [2.24, 2.45) is 0 Å². The van der Waals surface area contributed by atoms with Crippen LogP contribution in [0.3, 0.4) is 0 Å². The molecule has 25 heavy (non-hydrogen) atoms. The lowest BCUT2D eigenvalue weighted by Gasteiger charge is -2.30. The second kappa shape index (κ2) is 5.89. The fourth-order valence-electron chi connectivity index (χ4n) is 3.28. The summed E-state index contributed by atoms with van der Waals surface area (Å²) in [6.45, 7) is 2.42. The molecule has 1 N–H and O–H groups in total. The molecule has 1 aliphatic heterocycles. The zero-order valence-corrected chi connectivity index (χ0v) is 13.7. The number of aryl methyl sites for hydroxylation is 1. The van der Waals surface area contributed by atoms with Crippen molar-refractivity contribution in [1.82, 2.24) is 4.90 Å². The maximum absolute atomic E-state index is 12.9. The minimum absolute atomic E-state index is 0.0192. The number of ether oxygens (including phenoxy) is 1. The van der Waals surface area contributed by atoms with Crippen LogP contribution in [0.1, 0.15) is 16.1 Å². The van der Waals surface area contributed by atoms with Crippen LogP contribution in [0.5, 0.6) is 0 Å². The Balaban J connectivity index is 1.76. The average Bonchev–Trinajstić information content (AvgIpc) is 2.98. The molecular weight excluding hydrogens is 322 g/mol. The van der Waals surface area contributed by atoms with Crippen LogP contribution in [0.15, 0.2) is 40.8 Å². The number of benzene rings is 2. The SMILES string of the molecule is Cc1c(C(=O)N2CCOC(C(=O)O)C2)oc2c1ccc1ccccc12. The molecule has 1 saturated heterocycles. The van der Waals surface area contributed by atoms with Crippen molar-refractivity contribution in [3.05, 3.63) is 47.7 Å². The van der Waals surface area contributed by atoms with Gasteiger partial charge < -0.3 is 19.2 Å². The quantitative estimate of drug-likeness (QED) is 0.776. The molecule has 2 aromatic carbocycles. The molecule has 128 valence electrons. The fourth-order valence-corrected chi connectivity index (χ4v) is 3.28. The summed E-state index contributed by atoms with van der Waals surface area (Å²) in [5, 5.41) is 12.0. The van der Waals surface area contributed by atoms with Gasteiger partial charge in [0.2, 0.25) is 0 Å². The Morgan fingerprint density at radius 2 is 1.96 bits per heavy atom. The molecule has 0 radical (unpaired) electrons. The molecule has 1 atom stereocenters. The number of nitrogens with zero attached hydrogens (tertiary/aromatic N) is 1. The van der Waals surface area contributed by atoms with Gasteiger partial charge in [-0.1, -0.05) is 36.4 Å². The summed E-state index contributed by atoms with van der Waals surface area (Å²) in [4.78, 5) is 25.5. The first-order valence-corrected chi connectivity index (χ1v) is 8.11. The van der Waals surface area contributed by atoms with E-state index in [-0.39, 0.29) is 24.8 Å². The lowest BCUT2D eigenvalue weighted by Crippen LogP contribution is -2.48. The van der Waals surface area contributed by atoms with Crippen molar-refractivity contribution >= 4 is 33.6 Å². The second-order valence-corrected chi connectivity index (χ2v) is 6.17. The molecule has 0 spiro atoms. The molecule has 1 amide bonds. The Labute approximate surface area is 143 Å². The van der Waals surface area contributed by atoms with Crippen LogP contribution in [-0.4, -0.2) is 47.7 Å². The third-order valence-electron chi connectivity index (χ3n) is 4.65. The maximum atomic E-state index is 12.9. The van der Waals surface area contributed by atoms with Gasteiger partial charge in [-0.05, 0) is 12.3 Å². The van der Waals surface area contributed by atoms with E-state index in [2.05, 4.69) is 0 Å². The molecule has 1 unspecified atom stereocenters. The standard InChI is InChI=1S/C19H17NO5/c1-11-13-7-6-12-4-2-3-5-14(12)17(13)25-16(11)18(21)20-8-9-24-15(10-20)19(22)23/h2-7,15H,8-10H2,1H3,(H,22,23). The number of carbonyl (C=O) groups excluding carboxylic acids is 1. The number of furan rings is 1. The van der Waals surface area contributed by atoms with Crippen LogP contribution in [0.25, 0.3) is 21.7 Å². The van der Waals surface area contributed by atoms with Crippen molar-refractivity contribution in [1.29, 1.82) is 0 Å². The van der Waals surface area contributed by atoms with Crippen molar-refractivity contribution in [3.8, 4) is 0 Å². The topological polar surface area (TPSA) is 80.0 Å². The number of carbonyl (C=O) groups is 2. The molecule has 1 aliphatic rings. The van der Waals surface area contributed by atoms with E-state index in [1.54, 1.807) is 0 Å². The van der Waals surface area contributed by atoms with Crippen LogP contribution >= 0.6 is 0 Å². The van der Waals surface area contributed by atoms with Gasteiger partial charge in [-0.15, -0.1) is 0 Å². The van der Waals surface area contributed by atoms with Gasteiger partial charge in [-0.2, -0.15) is 0 Å². The zero-order valence-electron chi connectivity index (χ0n) is 13.7. The first kappa shape index (κ1) is 15.7. The number of carboxylic acid groups (broad SMARTS) is 1. The Kier molecular flexibility index (Phi) is 3.69. The highest BCUT2D eigenvalue weighted by molar-refractivity contribution is 6.08. The molecule has 0 saturated carbocycles. The van der Waals surface area contributed by atoms with E-state index in [9.17, 15) is 9.59 Å². The van der Waals surface area contributed by atoms with Gasteiger partial charge in [0.15, 0.2) is 11.9 Å². The Bertz CT molecular complexity index is 990. The maximum Gasteiger partial charge on any atom is 0.334 e. The van der Waals surface area contributed by atoms with Crippen molar-refractivity contribution in [2.45, 2.75) is 13.0 Å². The zero-order chi connectivity index (χ0) is 17.6. The Morgan fingerprint density at radius 3 is 2.76 bits per heavy atom. The van der Waals surface area contributed by atoms with Crippen molar-refractivity contribution in [2.75, 3.05) is 19.7 Å². The van der Waals surface area contributed by atoms with E-state index >= 15 is 0 Å². The molecular formula is C19H17NO5. The van der Waals surface area contributed by atoms with E-state index in [0.717, 1.165) is 21.7 Å². The number of morpholine rings is 1. The van der Waals surface area contributed by atoms with E-state index in [1.165, 1.54) is 4.90 Å². The second-order valence-electron chi connectivity index (χ2n) is 6.17. The van der Waals surface area contributed by atoms with Crippen LogP contribution in [0.2, 0.25) is 0 Å². The summed E-state index contributed by atoms with van der Waals surface area (Å²) in [6.07, 6.45) is -0.997. The monoisotopic (exact) mass is 339 g/mol. The number of hydrogen-bond donors (Lipinski definition) is 1. The normalized spacial score (nSPS) is 18.0. The Hall–Kier alpha value is -2.86. The van der Waals surface area contributed by atoms with Gasteiger partial charge >= 0.3 is 5.97 Å². The number of fused-ring (bicyclic) bond motifs is 3. The van der Waals surface area contributed by atoms with E-state index < -0.39 is 12.1 Å². The number of amides is 1. The molecule has 2 heterocycles. The smallest absolute Gasteiger partial charge is 0.334 e. The lowest BCUT2D eigenvalue weighted by molar-refractivity contribution is -0.154. The number of aliphatic carboxylic acids is 1. The largest absolute Gasteiger partial charge is 0.479 e. The first-order chi connectivity index (χ1) is 12.1. The fraction of sp³-hybridized carbons (Fsp3) is 0.263. The average molecular weight is 339 g/mol. The van der Waals surface area contributed by atoms with Gasteiger partial charge in [-0.25, -0.2) is 4.79 Å². The molecule has 6 heteroatoms. The highest BCUT2D eigenvalue weighted by atomic mass is 16.5. The van der Waals surface area contributed by atoms with Crippen molar-refractivity contribution in [3.63, 3.8) is 0 Å². The molecule has 0 aliphatic carbocycles. The predicted molar refractivity (Wildman–Crippen MR) is 91.7 cm³/mol. The third kappa shape index (κ3) is 2.55. The summed E-state index contributed by atoms with van der Waals surface area (Å²) in [7, 11) is 0. The van der Waals surface area contributed by atoms with Crippen molar-refractivity contribution < 1.29 is 23.8 Å². The van der Waals surface area contributed by atoms with Gasteiger partial charge in [0.25, 0.3) is 5.91 Å². The van der Waals surface area contributed by atoms with E-state index in [4.69, 9.17) is 14.3 Å². The number of carboxylic acids is 1.